The van der Waals surface area contributed by atoms with Crippen LogP contribution >= 0.6 is 0 Å². The number of hydrogen-bond donors (Lipinski definition) is 0. The zero-order chi connectivity index (χ0) is 17.7. The number of methoxy groups -OCH3 is 1. The minimum absolute atomic E-state index is 0.0919. The van der Waals surface area contributed by atoms with Crippen molar-refractivity contribution in [3.8, 4) is 0 Å². The van der Waals surface area contributed by atoms with Crippen LogP contribution < -0.4 is 0 Å². The zero-order valence-electron chi connectivity index (χ0n) is 15.0. The number of ether oxygens (including phenoxy) is 2. The van der Waals surface area contributed by atoms with Gasteiger partial charge in [0, 0.05) is 29.9 Å². The lowest BCUT2D eigenvalue weighted by molar-refractivity contribution is -0.126. The van der Waals surface area contributed by atoms with Crippen molar-refractivity contribution in [2.24, 2.45) is 22.7 Å². The summed E-state index contributed by atoms with van der Waals surface area (Å²) in [6.07, 6.45) is 12.5. The van der Waals surface area contributed by atoms with Crippen LogP contribution in [0.2, 0.25) is 0 Å². The Balaban J connectivity index is 1.83. The van der Waals surface area contributed by atoms with E-state index < -0.39 is 0 Å². The summed E-state index contributed by atoms with van der Waals surface area (Å²) in [5, 5.41) is 0. The predicted molar refractivity (Wildman–Crippen MR) is 93.8 cm³/mol. The molecule has 0 saturated carbocycles. The fourth-order valence-electron chi connectivity index (χ4n) is 5.50. The van der Waals surface area contributed by atoms with E-state index in [1.165, 1.54) is 5.57 Å². The highest BCUT2D eigenvalue weighted by Crippen LogP contribution is 2.59. The summed E-state index contributed by atoms with van der Waals surface area (Å²) in [6.45, 7) is 2.90. The van der Waals surface area contributed by atoms with E-state index in [9.17, 15) is 9.59 Å². The third-order valence-electron chi connectivity index (χ3n) is 6.76. The smallest absolute Gasteiger partial charge is 0.163 e. The molecule has 0 amide bonds. The van der Waals surface area contributed by atoms with E-state index in [1.807, 2.05) is 6.08 Å². The van der Waals surface area contributed by atoms with Crippen LogP contribution in [0, 0.1) is 22.7 Å². The van der Waals surface area contributed by atoms with Gasteiger partial charge in [-0.25, -0.2) is 0 Å². The molecule has 4 aliphatic rings. The summed E-state index contributed by atoms with van der Waals surface area (Å²) in [5.74, 6) is 0.258. The first kappa shape index (κ1) is 16.9. The van der Waals surface area contributed by atoms with Gasteiger partial charge in [0.25, 0.3) is 0 Å². The van der Waals surface area contributed by atoms with Crippen molar-refractivity contribution in [1.29, 1.82) is 0 Å². The minimum Gasteiger partial charge on any atom is -0.359 e. The molecule has 0 heterocycles. The molecular formula is C21H26O4. The van der Waals surface area contributed by atoms with E-state index in [2.05, 4.69) is 19.1 Å². The number of ketones is 2. The van der Waals surface area contributed by atoms with Gasteiger partial charge in [-0.3, -0.25) is 9.59 Å². The number of fused-ring (bicyclic) bond motifs is 4. The minimum atomic E-state index is -0.292. The molecule has 25 heavy (non-hydrogen) atoms. The average Bonchev–Trinajstić information content (AvgIpc) is 2.91. The first-order valence-electron chi connectivity index (χ1n) is 9.26. The first-order chi connectivity index (χ1) is 12.0. The number of carbonyl (C=O) groups excluding carboxylic acids is 2. The van der Waals surface area contributed by atoms with Gasteiger partial charge in [0.15, 0.2) is 11.6 Å². The molecule has 4 nitrogen and oxygen atoms in total. The van der Waals surface area contributed by atoms with Gasteiger partial charge in [0.2, 0.25) is 0 Å². The van der Waals surface area contributed by atoms with Gasteiger partial charge in [-0.2, -0.15) is 0 Å². The van der Waals surface area contributed by atoms with Crippen LogP contribution in [0.25, 0.3) is 0 Å². The van der Waals surface area contributed by atoms with Crippen LogP contribution in [-0.4, -0.2) is 32.1 Å². The van der Waals surface area contributed by atoms with Crippen molar-refractivity contribution in [3.63, 3.8) is 0 Å². The van der Waals surface area contributed by atoms with Gasteiger partial charge in [0.1, 0.15) is 6.79 Å². The van der Waals surface area contributed by atoms with E-state index in [1.54, 1.807) is 13.2 Å². The Morgan fingerprint density at radius 3 is 2.92 bits per heavy atom. The molecule has 0 N–H and O–H groups in total. The van der Waals surface area contributed by atoms with Gasteiger partial charge < -0.3 is 9.47 Å². The Morgan fingerprint density at radius 2 is 2.12 bits per heavy atom. The van der Waals surface area contributed by atoms with Crippen LogP contribution in [-0.2, 0) is 19.1 Å². The van der Waals surface area contributed by atoms with E-state index in [4.69, 9.17) is 9.47 Å². The van der Waals surface area contributed by atoms with Crippen molar-refractivity contribution < 1.29 is 19.1 Å². The molecule has 0 bridgehead atoms. The van der Waals surface area contributed by atoms with E-state index in [0.717, 1.165) is 31.3 Å². The molecule has 0 radical (unpaired) electrons. The SMILES string of the molecule is COCOC[C@]12C=CCC[C@H]1CC(=O)C1=C2CC[C@]2(C)C=CC(=O)[C@H]12. The van der Waals surface area contributed by atoms with Crippen molar-refractivity contribution in [2.75, 3.05) is 20.5 Å². The second kappa shape index (κ2) is 6.03. The molecule has 0 saturated heterocycles. The second-order valence-electron chi connectivity index (χ2n) is 8.17. The number of rotatable bonds is 4. The lowest BCUT2D eigenvalue weighted by atomic mass is 9.52. The molecule has 4 heteroatoms. The Kier molecular flexibility index (Phi) is 4.08. The number of carbonyl (C=O) groups is 2. The fraction of sp³-hybridized carbons (Fsp3) is 0.619. The highest BCUT2D eigenvalue weighted by Gasteiger charge is 2.56. The number of Topliss-reactive ketones (excluding diaryl/α,β-unsaturated/α-hetero) is 1. The van der Waals surface area contributed by atoms with E-state index in [-0.39, 0.29) is 41.0 Å². The van der Waals surface area contributed by atoms with Gasteiger partial charge >= 0.3 is 0 Å². The monoisotopic (exact) mass is 342 g/mol. The zero-order valence-corrected chi connectivity index (χ0v) is 15.0. The van der Waals surface area contributed by atoms with Gasteiger partial charge in [-0.1, -0.05) is 30.7 Å². The lowest BCUT2D eigenvalue weighted by Crippen LogP contribution is -2.48. The molecule has 0 aromatic carbocycles. The van der Waals surface area contributed by atoms with E-state index in [0.29, 0.717) is 13.0 Å². The molecule has 4 atom stereocenters. The highest BCUT2D eigenvalue weighted by molar-refractivity contribution is 6.08. The van der Waals surface area contributed by atoms with Crippen molar-refractivity contribution in [2.45, 2.75) is 39.0 Å². The fourth-order valence-corrected chi connectivity index (χ4v) is 5.50. The molecule has 4 aliphatic carbocycles. The Labute approximate surface area is 148 Å². The van der Waals surface area contributed by atoms with Crippen LogP contribution in [0.15, 0.2) is 35.5 Å². The summed E-state index contributed by atoms with van der Waals surface area (Å²) in [6, 6.07) is 0. The van der Waals surface area contributed by atoms with Crippen LogP contribution in [0.5, 0.6) is 0 Å². The predicted octanol–water partition coefficient (Wildman–Crippen LogP) is 3.38. The highest BCUT2D eigenvalue weighted by atomic mass is 16.7. The largest absolute Gasteiger partial charge is 0.359 e. The number of hydrogen-bond acceptors (Lipinski definition) is 4. The Bertz CT molecular complexity index is 701. The maximum absolute atomic E-state index is 13.1. The molecule has 4 rings (SSSR count). The molecule has 0 aromatic heterocycles. The van der Waals surface area contributed by atoms with Crippen LogP contribution in [0.1, 0.15) is 39.0 Å². The Morgan fingerprint density at radius 1 is 1.28 bits per heavy atom. The average molecular weight is 342 g/mol. The lowest BCUT2D eigenvalue weighted by Gasteiger charge is -2.51. The summed E-state index contributed by atoms with van der Waals surface area (Å²) in [4.78, 5) is 25.7. The second-order valence-corrected chi connectivity index (χ2v) is 8.17. The normalized spacial score (nSPS) is 39.4. The summed E-state index contributed by atoms with van der Waals surface area (Å²) < 4.78 is 10.9. The van der Waals surface area contributed by atoms with Gasteiger partial charge in [-0.05, 0) is 37.7 Å². The molecule has 0 fully saturated rings. The van der Waals surface area contributed by atoms with E-state index >= 15 is 0 Å². The van der Waals surface area contributed by atoms with Crippen LogP contribution in [0.3, 0.4) is 0 Å². The molecule has 0 spiro atoms. The summed E-state index contributed by atoms with van der Waals surface area (Å²) in [7, 11) is 1.62. The Hall–Kier alpha value is -1.52. The molecule has 0 unspecified atom stereocenters. The van der Waals surface area contributed by atoms with Gasteiger partial charge in [-0.15, -0.1) is 0 Å². The van der Waals surface area contributed by atoms with Gasteiger partial charge in [0.05, 0.1) is 12.5 Å². The molecular weight excluding hydrogens is 316 g/mol. The van der Waals surface area contributed by atoms with Crippen molar-refractivity contribution in [1.82, 2.24) is 0 Å². The summed E-state index contributed by atoms with van der Waals surface area (Å²) >= 11 is 0. The molecule has 0 aromatic rings. The molecule has 134 valence electrons. The first-order valence-corrected chi connectivity index (χ1v) is 9.26. The topological polar surface area (TPSA) is 52.6 Å². The van der Waals surface area contributed by atoms with Crippen molar-refractivity contribution >= 4 is 11.6 Å². The maximum atomic E-state index is 13.1. The standard InChI is InChI=1S/C21H26O4/c1-20-9-6-15-18(19(20)16(22)7-10-20)17(23)11-14-5-3-4-8-21(14,15)12-25-13-24-2/h4,7-8,10,14,19H,3,5-6,9,11-13H2,1-2H3/t14-,19+,20+,21+/m0/s1. The molecule has 0 aliphatic heterocycles. The van der Waals surface area contributed by atoms with Crippen molar-refractivity contribution in [3.05, 3.63) is 35.5 Å². The number of allylic oxidation sites excluding steroid dienone is 4. The summed E-state index contributed by atoms with van der Waals surface area (Å²) in [5.41, 5.74) is 1.52. The quantitative estimate of drug-likeness (QED) is 0.446. The third kappa shape index (κ3) is 2.42. The maximum Gasteiger partial charge on any atom is 0.163 e. The van der Waals surface area contributed by atoms with Crippen LogP contribution in [0.4, 0.5) is 0 Å². The third-order valence-corrected chi connectivity index (χ3v) is 6.76.